The zero-order chi connectivity index (χ0) is 22.6. The lowest BCUT2D eigenvalue weighted by Gasteiger charge is -2.16. The monoisotopic (exact) mass is 439 g/mol. The van der Waals surface area contributed by atoms with Crippen LogP contribution in [-0.2, 0) is 17.8 Å². The van der Waals surface area contributed by atoms with Gasteiger partial charge in [0.1, 0.15) is 18.2 Å². The van der Waals surface area contributed by atoms with E-state index >= 15 is 0 Å². The minimum atomic E-state index is 0.541. The molecule has 2 N–H and O–H groups in total. The van der Waals surface area contributed by atoms with Gasteiger partial charge in [0.15, 0.2) is 5.96 Å². The Labute approximate surface area is 192 Å². The van der Waals surface area contributed by atoms with Crippen LogP contribution in [0.5, 0.6) is 5.75 Å². The predicted octanol–water partition coefficient (Wildman–Crippen LogP) is 3.66. The van der Waals surface area contributed by atoms with Crippen molar-refractivity contribution < 1.29 is 9.47 Å². The fourth-order valence-electron chi connectivity index (χ4n) is 3.63. The van der Waals surface area contributed by atoms with E-state index in [0.717, 1.165) is 48.3 Å². The largest absolute Gasteiger partial charge is 0.491 e. The van der Waals surface area contributed by atoms with Crippen molar-refractivity contribution in [2.75, 3.05) is 44.4 Å². The fraction of sp³-hybridized carbons (Fsp3) is 0.520. The number of pyridine rings is 1. The summed E-state index contributed by atoms with van der Waals surface area (Å²) in [7, 11) is 0. The summed E-state index contributed by atoms with van der Waals surface area (Å²) in [6, 6.07) is 10.5. The number of hydrogen-bond acceptors (Lipinski definition) is 5. The van der Waals surface area contributed by atoms with Gasteiger partial charge in [-0.15, -0.1) is 0 Å². The van der Waals surface area contributed by atoms with Crippen molar-refractivity contribution in [1.29, 1.82) is 0 Å². The average molecular weight is 440 g/mol. The molecule has 0 unspecified atom stereocenters. The van der Waals surface area contributed by atoms with E-state index in [9.17, 15) is 0 Å². The summed E-state index contributed by atoms with van der Waals surface area (Å²) >= 11 is 0. The zero-order valence-corrected chi connectivity index (χ0v) is 19.7. The van der Waals surface area contributed by atoms with E-state index in [1.807, 2.05) is 13.1 Å². The summed E-state index contributed by atoms with van der Waals surface area (Å²) in [5, 5.41) is 6.74. The molecule has 7 heteroatoms. The zero-order valence-electron chi connectivity index (χ0n) is 19.7. The van der Waals surface area contributed by atoms with Crippen LogP contribution in [0.3, 0.4) is 0 Å². The highest BCUT2D eigenvalue weighted by molar-refractivity contribution is 5.79. The van der Waals surface area contributed by atoms with Crippen LogP contribution in [0.1, 0.15) is 43.4 Å². The first kappa shape index (κ1) is 23.9. The summed E-state index contributed by atoms with van der Waals surface area (Å²) in [4.78, 5) is 11.7. The second-order valence-electron chi connectivity index (χ2n) is 7.92. The maximum absolute atomic E-state index is 5.96. The predicted molar refractivity (Wildman–Crippen MR) is 131 cm³/mol. The third-order valence-electron chi connectivity index (χ3n) is 5.36. The van der Waals surface area contributed by atoms with Crippen LogP contribution in [0.2, 0.25) is 0 Å². The van der Waals surface area contributed by atoms with E-state index in [0.29, 0.717) is 32.9 Å². The molecule has 1 aromatic heterocycles. The molecular weight excluding hydrogens is 402 g/mol. The fourth-order valence-corrected chi connectivity index (χ4v) is 3.63. The maximum Gasteiger partial charge on any atom is 0.191 e. The number of nitrogens with zero attached hydrogens (tertiary/aromatic N) is 3. The van der Waals surface area contributed by atoms with Gasteiger partial charge in [0.25, 0.3) is 0 Å². The Kier molecular flexibility index (Phi) is 9.62. The molecule has 0 radical (unpaired) electrons. The first-order chi connectivity index (χ1) is 15.7. The lowest BCUT2D eigenvalue weighted by atomic mass is 10.1. The van der Waals surface area contributed by atoms with Crippen molar-refractivity contribution in [3.05, 3.63) is 53.2 Å². The molecular formula is C25H37N5O2. The highest BCUT2D eigenvalue weighted by Crippen LogP contribution is 2.20. The smallest absolute Gasteiger partial charge is 0.191 e. The highest BCUT2D eigenvalue weighted by atomic mass is 16.5. The van der Waals surface area contributed by atoms with Crippen LogP contribution < -0.4 is 20.3 Å². The van der Waals surface area contributed by atoms with Gasteiger partial charge < -0.3 is 25.0 Å². The Morgan fingerprint density at radius 3 is 2.66 bits per heavy atom. The molecule has 0 amide bonds. The van der Waals surface area contributed by atoms with E-state index in [2.05, 4.69) is 64.7 Å². The summed E-state index contributed by atoms with van der Waals surface area (Å²) < 4.78 is 11.3. The van der Waals surface area contributed by atoms with Gasteiger partial charge in [-0.1, -0.05) is 18.2 Å². The van der Waals surface area contributed by atoms with Crippen molar-refractivity contribution in [3.63, 3.8) is 0 Å². The molecule has 3 rings (SSSR count). The van der Waals surface area contributed by atoms with Gasteiger partial charge in [-0.2, -0.15) is 0 Å². The Morgan fingerprint density at radius 2 is 1.94 bits per heavy atom. The van der Waals surface area contributed by atoms with Crippen molar-refractivity contribution in [1.82, 2.24) is 15.6 Å². The molecule has 2 aromatic rings. The van der Waals surface area contributed by atoms with Crippen LogP contribution in [-0.4, -0.2) is 50.4 Å². The minimum Gasteiger partial charge on any atom is -0.491 e. The number of anilines is 1. The Balaban J connectivity index is 1.58. The highest BCUT2D eigenvalue weighted by Gasteiger charge is 2.13. The third-order valence-corrected chi connectivity index (χ3v) is 5.36. The van der Waals surface area contributed by atoms with Crippen LogP contribution in [0.15, 0.2) is 41.5 Å². The Hall–Kier alpha value is -2.80. The second kappa shape index (κ2) is 12.9. The molecule has 32 heavy (non-hydrogen) atoms. The molecule has 7 nitrogen and oxygen atoms in total. The van der Waals surface area contributed by atoms with Gasteiger partial charge in [0.2, 0.25) is 0 Å². The number of nitrogens with one attached hydrogen (secondary N) is 2. The number of benzene rings is 1. The number of rotatable bonds is 11. The van der Waals surface area contributed by atoms with Crippen molar-refractivity contribution in [3.8, 4) is 5.75 Å². The first-order valence-electron chi connectivity index (χ1n) is 11.7. The molecule has 1 fully saturated rings. The second-order valence-corrected chi connectivity index (χ2v) is 7.92. The van der Waals surface area contributed by atoms with Gasteiger partial charge in [-0.3, -0.25) is 0 Å². The van der Waals surface area contributed by atoms with Crippen molar-refractivity contribution in [2.24, 2.45) is 4.99 Å². The molecule has 1 aromatic carbocycles. The number of hydrogen-bond donors (Lipinski definition) is 2. The van der Waals surface area contributed by atoms with Gasteiger partial charge in [-0.25, -0.2) is 9.98 Å². The molecule has 0 spiro atoms. The quantitative estimate of drug-likeness (QED) is 0.316. The van der Waals surface area contributed by atoms with Gasteiger partial charge in [-0.05, 0) is 56.9 Å². The first-order valence-corrected chi connectivity index (χ1v) is 11.7. The molecule has 0 saturated carbocycles. The van der Waals surface area contributed by atoms with Crippen LogP contribution >= 0.6 is 0 Å². The van der Waals surface area contributed by atoms with E-state index in [-0.39, 0.29) is 0 Å². The number of aliphatic imine (C=N–C) groups is 1. The van der Waals surface area contributed by atoms with Gasteiger partial charge in [0, 0.05) is 44.5 Å². The minimum absolute atomic E-state index is 0.541. The Morgan fingerprint density at radius 1 is 1.09 bits per heavy atom. The van der Waals surface area contributed by atoms with Crippen molar-refractivity contribution in [2.45, 2.75) is 46.7 Å². The summed E-state index contributed by atoms with van der Waals surface area (Å²) in [5.74, 6) is 2.73. The molecule has 1 saturated heterocycles. The maximum atomic E-state index is 5.96. The van der Waals surface area contributed by atoms with Crippen LogP contribution in [0.25, 0.3) is 0 Å². The molecule has 1 aliphatic heterocycles. The normalized spacial score (nSPS) is 14.0. The lowest BCUT2D eigenvalue weighted by Crippen LogP contribution is -2.36. The number of aromatic nitrogens is 1. The summed E-state index contributed by atoms with van der Waals surface area (Å²) in [5.41, 5.74) is 3.36. The molecule has 0 aliphatic carbocycles. The Bertz CT molecular complexity index is 848. The number of aryl methyl sites for hydroxylation is 1. The van der Waals surface area contributed by atoms with Gasteiger partial charge in [0.05, 0.1) is 13.2 Å². The van der Waals surface area contributed by atoms with E-state index in [4.69, 9.17) is 14.5 Å². The van der Waals surface area contributed by atoms with E-state index < -0.39 is 0 Å². The van der Waals surface area contributed by atoms with E-state index in [1.54, 1.807) is 0 Å². The SMILES string of the molecule is CCNC(=NCc1ccc(N2CCCC2)nc1)NCc1ccc(C)cc1OCCOCC. The molecule has 0 bridgehead atoms. The van der Waals surface area contributed by atoms with E-state index in [1.165, 1.54) is 18.4 Å². The standard InChI is InChI=1S/C25H37N5O2/c1-4-26-25(28-18-21-9-11-24(27-17-21)30-12-6-7-13-30)29-19-22-10-8-20(3)16-23(22)32-15-14-31-5-2/h8-11,16-17H,4-7,12-15,18-19H2,1-3H3,(H2,26,28,29). The average Bonchev–Trinajstić information content (AvgIpc) is 3.35. The number of guanidine groups is 1. The molecule has 174 valence electrons. The molecule has 0 atom stereocenters. The molecule has 2 heterocycles. The van der Waals surface area contributed by atoms with Crippen LogP contribution in [0.4, 0.5) is 5.82 Å². The van der Waals surface area contributed by atoms with Gasteiger partial charge >= 0.3 is 0 Å². The number of ether oxygens (including phenoxy) is 2. The van der Waals surface area contributed by atoms with Crippen molar-refractivity contribution >= 4 is 11.8 Å². The topological polar surface area (TPSA) is 71.0 Å². The molecule has 1 aliphatic rings. The summed E-state index contributed by atoms with van der Waals surface area (Å²) in [6.45, 7) is 12.2. The summed E-state index contributed by atoms with van der Waals surface area (Å²) in [6.07, 6.45) is 4.45. The third kappa shape index (κ3) is 7.41. The lowest BCUT2D eigenvalue weighted by molar-refractivity contribution is 0.110. The van der Waals surface area contributed by atoms with Crippen LogP contribution in [0, 0.1) is 6.92 Å².